The molecule has 44 heavy (non-hydrogen) atoms. The minimum Gasteiger partial charge on any atom is -0.493 e. The second-order valence-electron chi connectivity index (χ2n) is 11.4. The number of carbonyl (C=O) groups excluding carboxylic acids is 4. The Balaban J connectivity index is 1.91. The number of benzene rings is 1. The zero-order chi connectivity index (χ0) is 32.6. The summed E-state index contributed by atoms with van der Waals surface area (Å²) in [5.74, 6) is -6.22. The number of hydrogen-bond donors (Lipinski definition) is 2. The molecule has 0 radical (unpaired) electrons. The molecular formula is C31H38N2O11. The number of nitrogens with zero attached hydrogens (tertiary/aromatic N) is 1. The minimum atomic E-state index is -1.51. The number of esters is 2. The summed E-state index contributed by atoms with van der Waals surface area (Å²) < 4.78 is 26.7. The summed E-state index contributed by atoms with van der Waals surface area (Å²) >= 11 is 0. The van der Waals surface area contributed by atoms with Crippen LogP contribution < -0.4 is 14.8 Å². The first-order valence-corrected chi connectivity index (χ1v) is 14.1. The first kappa shape index (κ1) is 33.8. The Labute approximate surface area is 255 Å². The van der Waals surface area contributed by atoms with E-state index < -0.39 is 71.7 Å². The van der Waals surface area contributed by atoms with E-state index >= 15 is 0 Å². The first-order chi connectivity index (χ1) is 20.8. The number of aliphatic carboxylic acids is 1. The average molecular weight is 615 g/mol. The summed E-state index contributed by atoms with van der Waals surface area (Å²) in [6, 6.07) is 8.83. The lowest BCUT2D eigenvalue weighted by molar-refractivity contribution is -0.168. The first-order valence-electron chi connectivity index (χ1n) is 14.1. The number of rotatable bonds is 10. The monoisotopic (exact) mass is 614 g/mol. The second-order valence-corrected chi connectivity index (χ2v) is 11.4. The molecule has 3 unspecified atom stereocenters. The van der Waals surface area contributed by atoms with E-state index in [1.165, 1.54) is 40.1 Å². The van der Waals surface area contributed by atoms with Crippen LogP contribution in [0.25, 0.3) is 0 Å². The number of hydrogen-bond acceptors (Lipinski definition) is 11. The predicted molar refractivity (Wildman–Crippen MR) is 154 cm³/mol. The highest BCUT2D eigenvalue weighted by Crippen LogP contribution is 2.40. The van der Waals surface area contributed by atoms with Crippen molar-refractivity contribution in [2.24, 2.45) is 23.2 Å². The summed E-state index contributed by atoms with van der Waals surface area (Å²) in [5.41, 5.74) is -1.17. The number of carbonyl (C=O) groups is 5. The maximum atomic E-state index is 13.5. The predicted octanol–water partition coefficient (Wildman–Crippen LogP) is 3.43. The fourth-order valence-corrected chi connectivity index (χ4v) is 4.99. The Morgan fingerprint density at radius 2 is 1.80 bits per heavy atom. The Hall–Kier alpha value is -4.68. The fourth-order valence-electron chi connectivity index (χ4n) is 4.99. The third-order valence-corrected chi connectivity index (χ3v) is 7.23. The van der Waals surface area contributed by atoms with Crippen molar-refractivity contribution in [1.29, 1.82) is 0 Å². The van der Waals surface area contributed by atoms with Crippen LogP contribution in [0.3, 0.4) is 0 Å². The molecule has 0 spiro atoms. The van der Waals surface area contributed by atoms with Gasteiger partial charge in [0.25, 0.3) is 5.91 Å². The number of aromatic nitrogens is 1. The molecule has 238 valence electrons. The highest BCUT2D eigenvalue weighted by atomic mass is 16.7. The van der Waals surface area contributed by atoms with Crippen molar-refractivity contribution >= 4 is 30.0 Å². The quantitative estimate of drug-likeness (QED) is 0.295. The Morgan fingerprint density at radius 3 is 2.41 bits per heavy atom. The van der Waals surface area contributed by atoms with E-state index in [1.54, 1.807) is 24.3 Å². The smallest absolute Gasteiger partial charge is 0.493 e. The lowest BCUT2D eigenvalue weighted by Crippen LogP contribution is -2.48. The van der Waals surface area contributed by atoms with Crippen LogP contribution in [-0.2, 0) is 35.0 Å². The zero-order valence-corrected chi connectivity index (χ0v) is 25.5. The number of pyridine rings is 1. The molecule has 2 aromatic rings. The second kappa shape index (κ2) is 14.7. The van der Waals surface area contributed by atoms with Crippen LogP contribution >= 0.6 is 0 Å². The standard InChI is InChI=1S/C31H38N2O11/c1-17(2)15-42-30(39)44-25-22(40-6)12-13-32-24(25)26(34)33-21-16-41-27(35)20(14-19-10-8-7-9-11-19)23(18(3)43-28(21)36)31(4,5)29(37)38/h7-13,17-18,20-21,23H,14-16H2,1-6H3,(H,33,34)(H,37,38)/t18?,20?,21-,23?/m1/s1. The molecular weight excluding hydrogens is 576 g/mol. The van der Waals surface area contributed by atoms with Gasteiger partial charge in [-0.1, -0.05) is 44.2 Å². The lowest BCUT2D eigenvalue weighted by Gasteiger charge is -2.38. The molecule has 2 heterocycles. The summed E-state index contributed by atoms with van der Waals surface area (Å²) in [5, 5.41) is 12.5. The molecule has 1 aliphatic heterocycles. The Kier molecular flexibility index (Phi) is 11.3. The number of cyclic esters (lactones) is 2. The van der Waals surface area contributed by atoms with Crippen molar-refractivity contribution < 1.29 is 52.8 Å². The van der Waals surface area contributed by atoms with Crippen LogP contribution in [0.5, 0.6) is 11.5 Å². The average Bonchev–Trinajstić information content (AvgIpc) is 3.01. The van der Waals surface area contributed by atoms with Crippen molar-refractivity contribution in [2.75, 3.05) is 20.3 Å². The van der Waals surface area contributed by atoms with Gasteiger partial charge >= 0.3 is 24.1 Å². The van der Waals surface area contributed by atoms with E-state index in [2.05, 4.69) is 10.3 Å². The van der Waals surface area contributed by atoms with Crippen molar-refractivity contribution in [2.45, 2.75) is 53.2 Å². The van der Waals surface area contributed by atoms with E-state index in [0.29, 0.717) is 0 Å². The molecule has 13 nitrogen and oxygen atoms in total. The number of methoxy groups -OCH3 is 1. The van der Waals surface area contributed by atoms with Gasteiger partial charge in [0.1, 0.15) is 12.7 Å². The van der Waals surface area contributed by atoms with E-state index in [-0.39, 0.29) is 30.4 Å². The van der Waals surface area contributed by atoms with Gasteiger partial charge in [0.15, 0.2) is 17.5 Å². The summed E-state index contributed by atoms with van der Waals surface area (Å²) in [6.07, 6.45) is -0.810. The van der Waals surface area contributed by atoms with Crippen molar-refractivity contribution in [3.05, 3.63) is 53.9 Å². The summed E-state index contributed by atoms with van der Waals surface area (Å²) in [6.45, 7) is 7.51. The van der Waals surface area contributed by atoms with Crippen molar-refractivity contribution in [3.63, 3.8) is 0 Å². The molecule has 13 heteroatoms. The highest BCUT2D eigenvalue weighted by Gasteiger charge is 2.50. The molecule has 1 aromatic carbocycles. The molecule has 0 aliphatic carbocycles. The number of ether oxygens (including phenoxy) is 5. The third kappa shape index (κ3) is 8.23. The normalized spacial score (nSPS) is 20.7. The Morgan fingerprint density at radius 1 is 1.11 bits per heavy atom. The Bertz CT molecular complexity index is 1360. The van der Waals surface area contributed by atoms with Crippen LogP contribution in [0.4, 0.5) is 4.79 Å². The molecule has 1 fully saturated rings. The number of amides is 1. The van der Waals surface area contributed by atoms with Gasteiger partial charge in [0.2, 0.25) is 5.75 Å². The number of nitrogens with one attached hydrogen (secondary N) is 1. The SMILES string of the molecule is COc1ccnc(C(=O)N[C@@H]2COC(=O)C(Cc3ccccc3)C(C(C)(C)C(=O)O)C(C)OC2=O)c1OC(=O)OCC(C)C. The molecule has 2 N–H and O–H groups in total. The maximum absolute atomic E-state index is 13.5. The van der Waals surface area contributed by atoms with Gasteiger partial charge < -0.3 is 34.1 Å². The van der Waals surface area contributed by atoms with Crippen molar-refractivity contribution in [1.82, 2.24) is 10.3 Å². The molecule has 1 amide bonds. The van der Waals surface area contributed by atoms with Crippen LogP contribution in [0, 0.1) is 23.2 Å². The van der Waals surface area contributed by atoms with Gasteiger partial charge in [0, 0.05) is 18.2 Å². The van der Waals surface area contributed by atoms with Gasteiger partial charge in [0.05, 0.1) is 25.0 Å². The van der Waals surface area contributed by atoms with Crippen LogP contribution in [0.1, 0.15) is 50.7 Å². The van der Waals surface area contributed by atoms with E-state index in [9.17, 15) is 29.1 Å². The molecule has 3 rings (SSSR count). The molecule has 1 aromatic heterocycles. The number of carboxylic acid groups (broad SMARTS) is 1. The molecule has 1 saturated heterocycles. The highest BCUT2D eigenvalue weighted by molar-refractivity contribution is 5.98. The maximum Gasteiger partial charge on any atom is 0.514 e. The molecule has 1 aliphatic rings. The van der Waals surface area contributed by atoms with E-state index in [4.69, 9.17) is 23.7 Å². The van der Waals surface area contributed by atoms with Gasteiger partial charge in [-0.15, -0.1) is 0 Å². The van der Waals surface area contributed by atoms with E-state index in [0.717, 1.165) is 5.56 Å². The third-order valence-electron chi connectivity index (χ3n) is 7.23. The van der Waals surface area contributed by atoms with Crippen LogP contribution in [0.2, 0.25) is 0 Å². The summed E-state index contributed by atoms with van der Waals surface area (Å²) in [4.78, 5) is 68.8. The topological polar surface area (TPSA) is 177 Å². The van der Waals surface area contributed by atoms with Crippen LogP contribution in [0.15, 0.2) is 42.6 Å². The number of carboxylic acids is 1. The minimum absolute atomic E-state index is 0.00811. The molecule has 0 saturated carbocycles. The van der Waals surface area contributed by atoms with Gasteiger partial charge in [-0.3, -0.25) is 14.4 Å². The van der Waals surface area contributed by atoms with E-state index in [1.807, 2.05) is 19.9 Å². The van der Waals surface area contributed by atoms with Crippen LogP contribution in [-0.4, -0.2) is 72.5 Å². The van der Waals surface area contributed by atoms with Gasteiger partial charge in [-0.25, -0.2) is 14.6 Å². The zero-order valence-electron chi connectivity index (χ0n) is 25.5. The van der Waals surface area contributed by atoms with Gasteiger partial charge in [-0.2, -0.15) is 0 Å². The molecule has 4 atom stereocenters. The lowest BCUT2D eigenvalue weighted by atomic mass is 9.67. The molecule has 0 bridgehead atoms. The fraction of sp³-hybridized carbons (Fsp3) is 0.484. The largest absolute Gasteiger partial charge is 0.514 e. The van der Waals surface area contributed by atoms with Crippen molar-refractivity contribution in [3.8, 4) is 11.5 Å². The van der Waals surface area contributed by atoms with Gasteiger partial charge in [-0.05, 0) is 38.7 Å². The summed E-state index contributed by atoms with van der Waals surface area (Å²) in [7, 11) is 1.29.